The van der Waals surface area contributed by atoms with Crippen molar-refractivity contribution in [3.05, 3.63) is 94.1 Å². The molecule has 36 heavy (non-hydrogen) atoms. The highest BCUT2D eigenvalue weighted by atomic mass is 32.2. The van der Waals surface area contributed by atoms with Gasteiger partial charge < -0.3 is 14.0 Å². The Morgan fingerprint density at radius 2 is 1.75 bits per heavy atom. The van der Waals surface area contributed by atoms with E-state index in [2.05, 4.69) is 10.1 Å². The first-order chi connectivity index (χ1) is 17.6. The van der Waals surface area contributed by atoms with Gasteiger partial charge in [-0.3, -0.25) is 9.36 Å². The van der Waals surface area contributed by atoms with Gasteiger partial charge in [-0.05, 0) is 36.8 Å². The molecule has 0 aliphatic heterocycles. The van der Waals surface area contributed by atoms with Crippen molar-refractivity contribution in [2.24, 2.45) is 0 Å². The highest BCUT2D eigenvalue weighted by Crippen LogP contribution is 2.36. The van der Waals surface area contributed by atoms with E-state index in [1.807, 2.05) is 61.5 Å². The van der Waals surface area contributed by atoms with E-state index in [1.54, 1.807) is 30.9 Å². The fraction of sp³-hybridized carbons (Fsp3) is 0.185. The average molecular weight is 501 g/mol. The van der Waals surface area contributed by atoms with Crippen LogP contribution in [0, 0.1) is 6.92 Å². The molecule has 9 heteroatoms. The van der Waals surface area contributed by atoms with Crippen LogP contribution >= 0.6 is 11.8 Å². The van der Waals surface area contributed by atoms with E-state index >= 15 is 0 Å². The maximum atomic E-state index is 13.4. The van der Waals surface area contributed by atoms with Gasteiger partial charge >= 0.3 is 0 Å². The van der Waals surface area contributed by atoms with Crippen LogP contribution in [0.1, 0.15) is 17.0 Å². The van der Waals surface area contributed by atoms with E-state index in [0.29, 0.717) is 57.1 Å². The molecule has 0 saturated heterocycles. The second kappa shape index (κ2) is 10.2. The van der Waals surface area contributed by atoms with Gasteiger partial charge in [-0.2, -0.15) is 4.98 Å². The minimum absolute atomic E-state index is 0.0870. The van der Waals surface area contributed by atoms with Crippen LogP contribution in [0.15, 0.2) is 81.2 Å². The first kappa shape index (κ1) is 23.6. The first-order valence-corrected chi connectivity index (χ1v) is 12.3. The number of thioether (sulfide) groups is 1. The summed E-state index contributed by atoms with van der Waals surface area (Å²) in [5.41, 5.74) is 3.41. The zero-order valence-electron chi connectivity index (χ0n) is 20.1. The molecule has 0 bridgehead atoms. The Hall–Kier alpha value is -4.11. The Morgan fingerprint density at radius 3 is 2.53 bits per heavy atom. The summed E-state index contributed by atoms with van der Waals surface area (Å²) in [4.78, 5) is 22.7. The SMILES string of the molecule is COc1cccc(-c2noc(CSc3nc4ccccc4c(=O)n3Cc3ccc(C)cc3)n2)c1OC. The van der Waals surface area contributed by atoms with Crippen LogP contribution in [-0.4, -0.2) is 33.9 Å². The van der Waals surface area contributed by atoms with Crippen LogP contribution < -0.4 is 15.0 Å². The summed E-state index contributed by atoms with van der Waals surface area (Å²) in [6, 6.07) is 21.0. The minimum Gasteiger partial charge on any atom is -0.493 e. The molecule has 2 aromatic heterocycles. The molecule has 3 aromatic carbocycles. The topological polar surface area (TPSA) is 92.3 Å². The van der Waals surface area contributed by atoms with Crippen molar-refractivity contribution in [1.29, 1.82) is 0 Å². The summed E-state index contributed by atoms with van der Waals surface area (Å²) in [5, 5.41) is 5.29. The lowest BCUT2D eigenvalue weighted by Crippen LogP contribution is -2.24. The van der Waals surface area contributed by atoms with E-state index in [0.717, 1.165) is 11.1 Å². The molecule has 0 amide bonds. The zero-order valence-corrected chi connectivity index (χ0v) is 20.9. The van der Waals surface area contributed by atoms with Crippen LogP contribution in [0.4, 0.5) is 0 Å². The molecule has 5 aromatic rings. The van der Waals surface area contributed by atoms with Crippen molar-refractivity contribution in [2.45, 2.75) is 24.4 Å². The number of ether oxygens (including phenoxy) is 2. The quantitative estimate of drug-likeness (QED) is 0.214. The number of hydrogen-bond donors (Lipinski definition) is 0. The molecular weight excluding hydrogens is 476 g/mol. The number of nitrogens with zero attached hydrogens (tertiary/aromatic N) is 4. The van der Waals surface area contributed by atoms with Crippen molar-refractivity contribution >= 4 is 22.7 Å². The molecule has 0 atom stereocenters. The van der Waals surface area contributed by atoms with Gasteiger partial charge in [0, 0.05) is 0 Å². The molecule has 0 unspecified atom stereocenters. The molecule has 0 aliphatic rings. The lowest BCUT2D eigenvalue weighted by Gasteiger charge is -2.13. The first-order valence-electron chi connectivity index (χ1n) is 11.3. The Labute approximate surface area is 211 Å². The fourth-order valence-electron chi connectivity index (χ4n) is 3.89. The summed E-state index contributed by atoms with van der Waals surface area (Å²) >= 11 is 1.38. The van der Waals surface area contributed by atoms with Crippen molar-refractivity contribution in [3.63, 3.8) is 0 Å². The third-order valence-electron chi connectivity index (χ3n) is 5.72. The maximum absolute atomic E-state index is 13.4. The number of aromatic nitrogens is 4. The summed E-state index contributed by atoms with van der Waals surface area (Å²) < 4.78 is 18.1. The largest absolute Gasteiger partial charge is 0.493 e. The van der Waals surface area contributed by atoms with Crippen LogP contribution in [-0.2, 0) is 12.3 Å². The number of hydrogen-bond acceptors (Lipinski definition) is 8. The molecule has 5 rings (SSSR count). The summed E-state index contributed by atoms with van der Waals surface area (Å²) in [5.74, 6) is 2.26. The van der Waals surface area contributed by atoms with Crippen molar-refractivity contribution in [2.75, 3.05) is 14.2 Å². The van der Waals surface area contributed by atoms with Gasteiger partial charge in [-0.15, -0.1) is 0 Å². The monoisotopic (exact) mass is 500 g/mol. The summed E-state index contributed by atoms with van der Waals surface area (Å²) in [6.07, 6.45) is 0. The van der Waals surface area contributed by atoms with Gasteiger partial charge in [0.25, 0.3) is 5.56 Å². The number of para-hydroxylation sites is 2. The molecule has 0 fully saturated rings. The number of aryl methyl sites for hydroxylation is 1. The normalized spacial score (nSPS) is 11.1. The Morgan fingerprint density at radius 1 is 0.944 bits per heavy atom. The Kier molecular flexibility index (Phi) is 6.73. The van der Waals surface area contributed by atoms with Gasteiger partial charge in [-0.25, -0.2) is 4.98 Å². The van der Waals surface area contributed by atoms with E-state index < -0.39 is 0 Å². The van der Waals surface area contributed by atoms with Crippen LogP contribution in [0.25, 0.3) is 22.3 Å². The highest BCUT2D eigenvalue weighted by Gasteiger charge is 2.18. The standard InChI is InChI=1S/C27H24N4O4S/c1-17-11-13-18(14-12-17)15-31-26(32)19-7-4-5-9-21(19)28-27(31)36-16-23-29-25(30-35-23)20-8-6-10-22(33-2)24(20)34-3/h4-14H,15-16H2,1-3H3. The number of benzene rings is 3. The van der Waals surface area contributed by atoms with Crippen molar-refractivity contribution in [1.82, 2.24) is 19.7 Å². The molecule has 0 spiro atoms. The number of methoxy groups -OCH3 is 2. The van der Waals surface area contributed by atoms with E-state index in [4.69, 9.17) is 19.0 Å². The highest BCUT2D eigenvalue weighted by molar-refractivity contribution is 7.98. The fourth-order valence-corrected chi connectivity index (χ4v) is 4.72. The van der Waals surface area contributed by atoms with Gasteiger partial charge in [0.05, 0.1) is 43.0 Å². The molecule has 0 N–H and O–H groups in total. The maximum Gasteiger partial charge on any atom is 0.262 e. The average Bonchev–Trinajstić information content (AvgIpc) is 3.39. The Bertz CT molecular complexity index is 1580. The van der Waals surface area contributed by atoms with Crippen molar-refractivity contribution in [3.8, 4) is 22.9 Å². The molecule has 0 aliphatic carbocycles. The number of fused-ring (bicyclic) bond motifs is 1. The van der Waals surface area contributed by atoms with Crippen LogP contribution in [0.2, 0.25) is 0 Å². The predicted octanol–water partition coefficient (Wildman–Crippen LogP) is 5.11. The molecule has 8 nitrogen and oxygen atoms in total. The molecule has 0 saturated carbocycles. The van der Waals surface area contributed by atoms with Gasteiger partial charge in [0.2, 0.25) is 11.7 Å². The lowest BCUT2D eigenvalue weighted by atomic mass is 10.1. The zero-order chi connectivity index (χ0) is 25.1. The Balaban J connectivity index is 1.46. The second-order valence-electron chi connectivity index (χ2n) is 8.13. The molecular formula is C27H24N4O4S. The predicted molar refractivity (Wildman–Crippen MR) is 139 cm³/mol. The third-order valence-corrected chi connectivity index (χ3v) is 6.69. The minimum atomic E-state index is -0.0870. The van der Waals surface area contributed by atoms with Gasteiger partial charge in [0.15, 0.2) is 16.7 Å². The third kappa shape index (κ3) is 4.70. The molecule has 2 heterocycles. The summed E-state index contributed by atoms with van der Waals surface area (Å²) in [6.45, 7) is 2.45. The molecule has 182 valence electrons. The second-order valence-corrected chi connectivity index (χ2v) is 9.07. The van der Waals surface area contributed by atoms with Gasteiger partial charge in [-0.1, -0.05) is 64.9 Å². The number of rotatable bonds is 8. The van der Waals surface area contributed by atoms with E-state index in [-0.39, 0.29) is 5.56 Å². The summed E-state index contributed by atoms with van der Waals surface area (Å²) in [7, 11) is 3.14. The smallest absolute Gasteiger partial charge is 0.262 e. The van der Waals surface area contributed by atoms with Crippen LogP contribution in [0.3, 0.4) is 0 Å². The van der Waals surface area contributed by atoms with Crippen LogP contribution in [0.5, 0.6) is 11.5 Å². The van der Waals surface area contributed by atoms with Crippen molar-refractivity contribution < 1.29 is 14.0 Å². The molecule has 0 radical (unpaired) electrons. The van der Waals surface area contributed by atoms with Gasteiger partial charge in [0.1, 0.15) is 0 Å². The lowest BCUT2D eigenvalue weighted by molar-refractivity contribution is 0.355. The van der Waals surface area contributed by atoms with E-state index in [9.17, 15) is 4.79 Å². The van der Waals surface area contributed by atoms with E-state index in [1.165, 1.54) is 11.8 Å².